The fourth-order valence-electron chi connectivity index (χ4n) is 2.41. The first-order chi connectivity index (χ1) is 13.3. The molecule has 27 heavy (non-hydrogen) atoms. The van der Waals surface area contributed by atoms with Crippen molar-refractivity contribution in [3.63, 3.8) is 0 Å². The van der Waals surface area contributed by atoms with Crippen LogP contribution in [0.3, 0.4) is 0 Å². The second-order valence-electron chi connectivity index (χ2n) is 5.53. The minimum Gasteiger partial charge on any atom is -0.495 e. The summed E-state index contributed by atoms with van der Waals surface area (Å²) in [4.78, 5) is 5.14. The van der Waals surface area contributed by atoms with Crippen molar-refractivity contribution in [1.29, 1.82) is 0 Å². The highest BCUT2D eigenvalue weighted by Gasteiger charge is 2.06. The number of ether oxygens (including phenoxy) is 1. The lowest BCUT2D eigenvalue weighted by Gasteiger charge is -2.11. The Kier molecular flexibility index (Phi) is 6.08. The van der Waals surface area contributed by atoms with Crippen molar-refractivity contribution in [2.75, 3.05) is 12.4 Å². The van der Waals surface area contributed by atoms with Crippen LogP contribution in [0.15, 0.2) is 78.0 Å². The average Bonchev–Trinajstić information content (AvgIpc) is 3.17. The molecule has 0 unspecified atom stereocenters. The topological polar surface area (TPSA) is 77.2 Å². The van der Waals surface area contributed by atoms with Crippen LogP contribution in [0.4, 0.5) is 11.4 Å². The summed E-state index contributed by atoms with van der Waals surface area (Å²) in [6.45, 7) is 3.38. The first-order valence-corrected chi connectivity index (χ1v) is 8.37. The van der Waals surface area contributed by atoms with E-state index in [0.717, 1.165) is 22.8 Å². The fourth-order valence-corrected chi connectivity index (χ4v) is 2.41. The third kappa shape index (κ3) is 4.88. The summed E-state index contributed by atoms with van der Waals surface area (Å²) in [5, 5.41) is 16.0. The Hall–Kier alpha value is -3.74. The smallest absolute Gasteiger partial charge is 0.179 e. The number of hydrogen-bond donors (Lipinski definition) is 1. The number of para-hydroxylation sites is 2. The Labute approximate surface area is 157 Å². The van der Waals surface area contributed by atoms with Gasteiger partial charge in [0.1, 0.15) is 5.75 Å². The van der Waals surface area contributed by atoms with Crippen molar-refractivity contribution in [1.82, 2.24) is 20.2 Å². The molecule has 0 fully saturated rings. The summed E-state index contributed by atoms with van der Waals surface area (Å²) in [6, 6.07) is 15.5. The summed E-state index contributed by atoms with van der Waals surface area (Å²) in [5.74, 6) is 1.41. The molecule has 0 radical (unpaired) electrons. The van der Waals surface area contributed by atoms with Crippen molar-refractivity contribution >= 4 is 18.1 Å². The van der Waals surface area contributed by atoms with Gasteiger partial charge in [-0.15, -0.1) is 15.0 Å². The Morgan fingerprint density at radius 2 is 2.07 bits per heavy atom. The van der Waals surface area contributed by atoms with E-state index in [4.69, 9.17) is 4.74 Å². The van der Waals surface area contributed by atoms with Crippen molar-refractivity contribution in [2.24, 2.45) is 4.99 Å². The molecule has 1 aromatic heterocycles. The molecule has 7 heteroatoms. The van der Waals surface area contributed by atoms with E-state index in [2.05, 4.69) is 32.4 Å². The quantitative estimate of drug-likeness (QED) is 0.489. The maximum absolute atomic E-state index is 5.37. The fraction of sp³-hybridized carbons (Fsp3) is 0.100. The van der Waals surface area contributed by atoms with Gasteiger partial charge >= 0.3 is 0 Å². The average molecular weight is 360 g/mol. The van der Waals surface area contributed by atoms with E-state index >= 15 is 0 Å². The second kappa shape index (κ2) is 9.10. The molecule has 2 aromatic carbocycles. The zero-order valence-corrected chi connectivity index (χ0v) is 15.0. The van der Waals surface area contributed by atoms with Crippen molar-refractivity contribution in [2.45, 2.75) is 6.42 Å². The van der Waals surface area contributed by atoms with Crippen molar-refractivity contribution < 1.29 is 4.74 Å². The second-order valence-corrected chi connectivity index (χ2v) is 5.53. The third-order valence-corrected chi connectivity index (χ3v) is 3.66. The summed E-state index contributed by atoms with van der Waals surface area (Å²) in [7, 11) is 1.65. The lowest BCUT2D eigenvalue weighted by molar-refractivity contribution is 0.417. The lowest BCUT2D eigenvalue weighted by atomic mass is 10.2. The molecule has 136 valence electrons. The van der Waals surface area contributed by atoms with Crippen molar-refractivity contribution in [3.05, 3.63) is 78.8 Å². The predicted molar refractivity (Wildman–Crippen MR) is 107 cm³/mol. The first kappa shape index (κ1) is 18.1. The van der Waals surface area contributed by atoms with Gasteiger partial charge in [0.05, 0.1) is 18.5 Å². The molecule has 1 N–H and O–H groups in total. The van der Waals surface area contributed by atoms with Crippen LogP contribution in [0, 0.1) is 0 Å². The SMILES string of the molecule is C=N/C=C\C=C/Cc1nnn(-c2cccc(Nc3ccccc3OC)c2)n1. The first-order valence-electron chi connectivity index (χ1n) is 8.37. The Bertz CT molecular complexity index is 960. The Morgan fingerprint density at radius 1 is 1.19 bits per heavy atom. The van der Waals surface area contributed by atoms with Gasteiger partial charge in [-0.3, -0.25) is 4.99 Å². The van der Waals surface area contributed by atoms with Crippen LogP contribution < -0.4 is 10.1 Å². The van der Waals surface area contributed by atoms with E-state index in [1.807, 2.05) is 60.7 Å². The molecule has 0 amide bonds. The molecule has 3 rings (SSSR count). The molecule has 0 saturated heterocycles. The van der Waals surface area contributed by atoms with Gasteiger partial charge in [-0.1, -0.05) is 30.4 Å². The number of nitrogens with one attached hydrogen (secondary N) is 1. The summed E-state index contributed by atoms with van der Waals surface area (Å²) in [6.07, 6.45) is 7.79. The molecule has 0 saturated carbocycles. The molecule has 0 aliphatic heterocycles. The molecule has 0 aliphatic rings. The normalized spacial score (nSPS) is 11.1. The van der Waals surface area contributed by atoms with E-state index in [1.54, 1.807) is 19.4 Å². The number of rotatable bonds is 8. The van der Waals surface area contributed by atoms with Crippen LogP contribution in [-0.2, 0) is 6.42 Å². The highest BCUT2D eigenvalue weighted by molar-refractivity contribution is 5.67. The summed E-state index contributed by atoms with van der Waals surface area (Å²) < 4.78 is 5.37. The van der Waals surface area contributed by atoms with Gasteiger partial charge in [-0.2, -0.15) is 0 Å². The van der Waals surface area contributed by atoms with Crippen LogP contribution in [0.2, 0.25) is 0 Å². The van der Waals surface area contributed by atoms with E-state index in [9.17, 15) is 0 Å². The third-order valence-electron chi connectivity index (χ3n) is 3.66. The van der Waals surface area contributed by atoms with Crippen molar-refractivity contribution in [3.8, 4) is 11.4 Å². The number of tetrazole rings is 1. The number of aromatic nitrogens is 4. The largest absolute Gasteiger partial charge is 0.495 e. The highest BCUT2D eigenvalue weighted by Crippen LogP contribution is 2.27. The Balaban J connectivity index is 1.73. The van der Waals surface area contributed by atoms with E-state index in [-0.39, 0.29) is 0 Å². The molecule has 0 spiro atoms. The zero-order chi connectivity index (χ0) is 18.9. The lowest BCUT2D eigenvalue weighted by Crippen LogP contribution is -2.01. The number of anilines is 2. The number of allylic oxidation sites excluding steroid dienone is 3. The number of hydrogen-bond acceptors (Lipinski definition) is 6. The monoisotopic (exact) mass is 360 g/mol. The summed E-state index contributed by atoms with van der Waals surface area (Å²) in [5.41, 5.74) is 2.60. The number of benzene rings is 2. The van der Waals surface area contributed by atoms with Gasteiger partial charge in [0.25, 0.3) is 0 Å². The van der Waals surface area contributed by atoms with Crippen LogP contribution >= 0.6 is 0 Å². The van der Waals surface area contributed by atoms with Crippen LogP contribution in [0.1, 0.15) is 5.82 Å². The maximum atomic E-state index is 5.37. The molecule has 1 heterocycles. The number of methoxy groups -OCH3 is 1. The van der Waals surface area contributed by atoms with Crippen LogP contribution in [0.5, 0.6) is 5.75 Å². The number of aliphatic imine (C=N–C) groups is 1. The van der Waals surface area contributed by atoms with E-state index in [1.165, 1.54) is 4.80 Å². The molecular weight excluding hydrogens is 340 g/mol. The van der Waals surface area contributed by atoms with Crippen LogP contribution in [0.25, 0.3) is 5.69 Å². The molecule has 0 bridgehead atoms. The molecule has 0 atom stereocenters. The molecule has 3 aromatic rings. The minimum atomic E-state index is 0.584. The van der Waals surface area contributed by atoms with Gasteiger partial charge in [0.2, 0.25) is 0 Å². The molecular formula is C20H20N6O. The van der Waals surface area contributed by atoms with Gasteiger partial charge < -0.3 is 10.1 Å². The van der Waals surface area contributed by atoms with Crippen LogP contribution in [-0.4, -0.2) is 34.0 Å². The highest BCUT2D eigenvalue weighted by atomic mass is 16.5. The zero-order valence-electron chi connectivity index (χ0n) is 15.0. The van der Waals surface area contributed by atoms with Gasteiger partial charge in [-0.05, 0) is 48.3 Å². The Morgan fingerprint density at radius 3 is 2.93 bits per heavy atom. The van der Waals surface area contributed by atoms with E-state index < -0.39 is 0 Å². The minimum absolute atomic E-state index is 0.584. The van der Waals surface area contributed by atoms with Gasteiger partial charge in [0, 0.05) is 18.3 Å². The molecule has 0 aliphatic carbocycles. The predicted octanol–water partition coefficient (Wildman–Crippen LogP) is 3.73. The summed E-state index contributed by atoms with van der Waals surface area (Å²) >= 11 is 0. The maximum Gasteiger partial charge on any atom is 0.179 e. The standard InChI is InChI=1S/C20H20N6O/c1-21-14-7-3-4-13-20-23-25-26(24-20)17-10-8-9-16(15-17)22-18-11-5-6-12-19(18)27-2/h3-12,14-15,22H,1,13H2,2H3/b4-3-,14-7-. The van der Waals surface area contributed by atoms with E-state index in [0.29, 0.717) is 12.2 Å². The van der Waals surface area contributed by atoms with Gasteiger partial charge in [-0.25, -0.2) is 0 Å². The molecule has 7 nitrogen and oxygen atoms in total. The van der Waals surface area contributed by atoms with Gasteiger partial charge in [0.15, 0.2) is 5.82 Å². The number of nitrogens with zero attached hydrogens (tertiary/aromatic N) is 5.